The average molecular weight is 334 g/mol. The molecule has 1 aromatic carbocycles. The minimum absolute atomic E-state index is 0.177. The maximum atomic E-state index is 13.9. The van der Waals surface area contributed by atoms with Crippen molar-refractivity contribution in [2.24, 2.45) is 5.73 Å². The Morgan fingerprint density at radius 1 is 1.29 bits per heavy atom. The first-order valence-corrected chi connectivity index (χ1v) is 8.34. The Kier molecular flexibility index (Phi) is 4.71. The zero-order valence-corrected chi connectivity index (χ0v) is 13.6. The largest absolute Gasteiger partial charge is 0.367 e. The highest BCUT2D eigenvalue weighted by Gasteiger charge is 2.38. The molecule has 1 unspecified atom stereocenters. The average Bonchev–Trinajstić information content (AvgIpc) is 3.31. The maximum absolute atomic E-state index is 13.9. The first-order valence-electron chi connectivity index (χ1n) is 8.34. The fourth-order valence-electron chi connectivity index (χ4n) is 2.95. The lowest BCUT2D eigenvalue weighted by Crippen LogP contribution is -2.52. The van der Waals surface area contributed by atoms with Crippen LogP contribution in [-0.2, 0) is 9.59 Å². The lowest BCUT2D eigenvalue weighted by molar-refractivity contribution is -0.139. The number of hydrogen-bond acceptors (Lipinski definition) is 4. The Labute approximate surface area is 140 Å². The number of piperidine rings is 1. The van der Waals surface area contributed by atoms with Gasteiger partial charge in [0.15, 0.2) is 0 Å². The number of nitrogens with zero attached hydrogens (tertiary/aromatic N) is 1. The molecule has 3 rings (SSSR count). The summed E-state index contributed by atoms with van der Waals surface area (Å²) in [5.41, 5.74) is 6.08. The van der Waals surface area contributed by atoms with E-state index in [1.165, 1.54) is 6.07 Å². The molecule has 2 aliphatic rings. The molecule has 2 amide bonds. The van der Waals surface area contributed by atoms with Gasteiger partial charge < -0.3 is 21.3 Å². The quantitative estimate of drug-likeness (QED) is 0.701. The Bertz CT molecular complexity index is 633. The summed E-state index contributed by atoms with van der Waals surface area (Å²) in [6.07, 6.45) is 3.34. The summed E-state index contributed by atoms with van der Waals surface area (Å²) in [7, 11) is 0. The zero-order valence-electron chi connectivity index (χ0n) is 13.6. The standard InChI is InChI=1S/C17H23FN4O2/c18-13-5-1-2-6-14(13)22-9-3-4-12(10-22)21-16(24)15(23)20-11-17(19)7-8-17/h1-2,5-6,12H,3-4,7-11,19H2,(H,20,23)(H,21,24). The third-order valence-corrected chi connectivity index (χ3v) is 4.65. The Morgan fingerprint density at radius 3 is 2.75 bits per heavy atom. The summed E-state index contributed by atoms with van der Waals surface area (Å²) in [5.74, 6) is -1.59. The van der Waals surface area contributed by atoms with Crippen LogP contribution in [0.1, 0.15) is 25.7 Å². The van der Waals surface area contributed by atoms with Gasteiger partial charge in [0.25, 0.3) is 0 Å². The van der Waals surface area contributed by atoms with E-state index in [0.29, 0.717) is 18.8 Å². The van der Waals surface area contributed by atoms with Crippen molar-refractivity contribution in [1.29, 1.82) is 0 Å². The molecular weight excluding hydrogens is 311 g/mol. The van der Waals surface area contributed by atoms with Gasteiger partial charge in [-0.3, -0.25) is 9.59 Å². The molecule has 0 bridgehead atoms. The molecule has 1 aliphatic heterocycles. The van der Waals surface area contributed by atoms with Crippen LogP contribution in [0.3, 0.4) is 0 Å². The number of anilines is 1. The summed E-state index contributed by atoms with van der Waals surface area (Å²) in [5, 5.41) is 5.32. The molecule has 1 aromatic rings. The van der Waals surface area contributed by atoms with Crippen molar-refractivity contribution in [3.8, 4) is 0 Å². The zero-order chi connectivity index (χ0) is 17.2. The summed E-state index contributed by atoms with van der Waals surface area (Å²) < 4.78 is 13.9. The number of amides is 2. The highest BCUT2D eigenvalue weighted by atomic mass is 19.1. The normalized spacial score (nSPS) is 21.9. The maximum Gasteiger partial charge on any atom is 0.309 e. The van der Waals surface area contributed by atoms with E-state index in [1.807, 2.05) is 4.90 Å². The van der Waals surface area contributed by atoms with Crippen LogP contribution >= 0.6 is 0 Å². The highest BCUT2D eigenvalue weighted by Crippen LogP contribution is 2.30. The van der Waals surface area contributed by atoms with Gasteiger partial charge in [-0.1, -0.05) is 12.1 Å². The fraction of sp³-hybridized carbons (Fsp3) is 0.529. The SMILES string of the molecule is NC1(CNC(=O)C(=O)NC2CCCN(c3ccccc3F)C2)CC1. The number of rotatable bonds is 4. The van der Waals surface area contributed by atoms with Gasteiger partial charge in [-0.25, -0.2) is 4.39 Å². The Morgan fingerprint density at radius 2 is 2.04 bits per heavy atom. The second-order valence-corrected chi connectivity index (χ2v) is 6.76. The molecule has 0 radical (unpaired) electrons. The van der Waals surface area contributed by atoms with Crippen molar-refractivity contribution in [3.63, 3.8) is 0 Å². The minimum Gasteiger partial charge on any atom is -0.367 e. The van der Waals surface area contributed by atoms with Crippen LogP contribution in [0.2, 0.25) is 0 Å². The smallest absolute Gasteiger partial charge is 0.309 e. The second-order valence-electron chi connectivity index (χ2n) is 6.76. The fourth-order valence-corrected chi connectivity index (χ4v) is 2.95. The van der Waals surface area contributed by atoms with Crippen molar-refractivity contribution in [1.82, 2.24) is 10.6 Å². The summed E-state index contributed by atoms with van der Waals surface area (Å²) in [6.45, 7) is 1.54. The molecule has 2 fully saturated rings. The van der Waals surface area contributed by atoms with Gasteiger partial charge in [0.1, 0.15) is 5.82 Å². The number of nitrogens with one attached hydrogen (secondary N) is 2. The van der Waals surface area contributed by atoms with Crippen LogP contribution in [0.15, 0.2) is 24.3 Å². The van der Waals surface area contributed by atoms with E-state index in [9.17, 15) is 14.0 Å². The van der Waals surface area contributed by atoms with Gasteiger partial charge in [-0.05, 0) is 37.8 Å². The van der Waals surface area contributed by atoms with E-state index in [2.05, 4.69) is 10.6 Å². The van der Waals surface area contributed by atoms with Crippen molar-refractivity contribution in [2.75, 3.05) is 24.5 Å². The molecule has 24 heavy (non-hydrogen) atoms. The van der Waals surface area contributed by atoms with E-state index in [4.69, 9.17) is 5.73 Å². The van der Waals surface area contributed by atoms with Crippen molar-refractivity contribution < 1.29 is 14.0 Å². The van der Waals surface area contributed by atoms with Crippen molar-refractivity contribution in [3.05, 3.63) is 30.1 Å². The van der Waals surface area contributed by atoms with E-state index in [1.54, 1.807) is 18.2 Å². The van der Waals surface area contributed by atoms with Crippen molar-refractivity contribution >= 4 is 17.5 Å². The molecule has 1 aliphatic carbocycles. The summed E-state index contributed by atoms with van der Waals surface area (Å²) in [6, 6.07) is 6.41. The molecule has 4 N–H and O–H groups in total. The van der Waals surface area contributed by atoms with Crippen LogP contribution in [0, 0.1) is 5.82 Å². The third-order valence-electron chi connectivity index (χ3n) is 4.65. The van der Waals surface area contributed by atoms with Gasteiger partial charge in [0, 0.05) is 31.2 Å². The molecule has 7 heteroatoms. The van der Waals surface area contributed by atoms with Gasteiger partial charge in [-0.15, -0.1) is 0 Å². The summed E-state index contributed by atoms with van der Waals surface area (Å²) >= 11 is 0. The van der Waals surface area contributed by atoms with Crippen LogP contribution in [0.4, 0.5) is 10.1 Å². The molecule has 1 saturated carbocycles. The lowest BCUT2D eigenvalue weighted by atomic mass is 10.0. The molecule has 6 nitrogen and oxygen atoms in total. The highest BCUT2D eigenvalue weighted by molar-refractivity contribution is 6.35. The molecule has 1 atom stereocenters. The van der Waals surface area contributed by atoms with E-state index < -0.39 is 11.8 Å². The molecule has 130 valence electrons. The number of benzene rings is 1. The van der Waals surface area contributed by atoms with Crippen LogP contribution in [0.25, 0.3) is 0 Å². The van der Waals surface area contributed by atoms with Crippen LogP contribution in [-0.4, -0.2) is 43.0 Å². The number of halogens is 1. The number of nitrogens with two attached hydrogens (primary N) is 1. The van der Waals surface area contributed by atoms with Gasteiger partial charge in [0.05, 0.1) is 5.69 Å². The first-order chi connectivity index (χ1) is 11.5. The molecule has 1 saturated heterocycles. The molecule has 1 heterocycles. The van der Waals surface area contributed by atoms with Crippen LogP contribution < -0.4 is 21.3 Å². The lowest BCUT2D eigenvalue weighted by Gasteiger charge is -2.34. The Hall–Kier alpha value is -2.15. The third kappa shape index (κ3) is 4.03. The number of hydrogen-bond donors (Lipinski definition) is 3. The van der Waals surface area contributed by atoms with E-state index in [-0.39, 0.29) is 17.4 Å². The number of para-hydroxylation sites is 1. The van der Waals surface area contributed by atoms with Crippen LogP contribution in [0.5, 0.6) is 0 Å². The molecule has 0 spiro atoms. The summed E-state index contributed by atoms with van der Waals surface area (Å²) in [4.78, 5) is 25.8. The van der Waals surface area contributed by atoms with E-state index in [0.717, 1.165) is 32.2 Å². The molecular formula is C17H23FN4O2. The van der Waals surface area contributed by atoms with Gasteiger partial charge >= 0.3 is 11.8 Å². The monoisotopic (exact) mass is 334 g/mol. The minimum atomic E-state index is -0.658. The topological polar surface area (TPSA) is 87.5 Å². The van der Waals surface area contributed by atoms with Gasteiger partial charge in [-0.2, -0.15) is 0 Å². The molecule has 0 aromatic heterocycles. The predicted molar refractivity (Wildman–Crippen MR) is 88.9 cm³/mol. The second kappa shape index (κ2) is 6.76. The van der Waals surface area contributed by atoms with E-state index >= 15 is 0 Å². The van der Waals surface area contributed by atoms with Crippen molar-refractivity contribution in [2.45, 2.75) is 37.3 Å². The first kappa shape index (κ1) is 16.7. The van der Waals surface area contributed by atoms with Gasteiger partial charge in [0.2, 0.25) is 0 Å². The Balaban J connectivity index is 1.52. The number of carbonyl (C=O) groups excluding carboxylic acids is 2. The predicted octanol–water partition coefficient (Wildman–Crippen LogP) is 0.518. The number of carbonyl (C=O) groups is 2.